The lowest BCUT2D eigenvalue weighted by atomic mass is 9.94. The number of carbonyl (C=O) groups excluding carboxylic acids is 1. The van der Waals surface area contributed by atoms with Crippen molar-refractivity contribution in [1.29, 1.82) is 5.26 Å². The Labute approximate surface area is 270 Å². The lowest BCUT2D eigenvalue weighted by Crippen LogP contribution is -2.45. The molecule has 4 aromatic rings. The number of pyridine rings is 1. The molecule has 1 amide bonds. The van der Waals surface area contributed by atoms with Crippen LogP contribution in [-0.2, 0) is 4.79 Å². The van der Waals surface area contributed by atoms with Crippen LogP contribution in [0.3, 0.4) is 0 Å². The number of piperidine rings is 1. The van der Waals surface area contributed by atoms with E-state index in [2.05, 4.69) is 34.9 Å². The molecule has 6 rings (SSSR count). The number of hydrogen-bond donors (Lipinski definition) is 0. The van der Waals surface area contributed by atoms with Crippen molar-refractivity contribution in [2.45, 2.75) is 57.2 Å². The molecule has 2 aromatic heterocycles. The Kier molecular flexibility index (Phi) is 8.71. The average molecular weight is 653 g/mol. The molecule has 0 bridgehead atoms. The summed E-state index contributed by atoms with van der Waals surface area (Å²) in [4.78, 5) is 21.5. The molecule has 2 saturated heterocycles. The maximum atomic E-state index is 12.5. The van der Waals surface area contributed by atoms with Crippen LogP contribution in [0, 0.1) is 18.3 Å². The van der Waals surface area contributed by atoms with E-state index >= 15 is 0 Å². The van der Waals surface area contributed by atoms with E-state index in [0.717, 1.165) is 30.5 Å². The molecule has 0 radical (unpaired) electrons. The molecule has 3 atom stereocenters. The van der Waals surface area contributed by atoms with E-state index in [0.29, 0.717) is 74.4 Å². The summed E-state index contributed by atoms with van der Waals surface area (Å²) >= 11 is 20.6. The number of aromatic nitrogens is 4. The highest BCUT2D eigenvalue weighted by atomic mass is 35.5. The summed E-state index contributed by atoms with van der Waals surface area (Å²) in [5, 5.41) is 20.8. The second kappa shape index (κ2) is 12.5. The number of fused-ring (bicyclic) bond motifs is 3. The number of rotatable bonds is 7. The summed E-state index contributed by atoms with van der Waals surface area (Å²) in [5.74, 6) is 0.168. The van der Waals surface area contributed by atoms with Gasteiger partial charge in [-0.15, -0.1) is 5.10 Å². The summed E-state index contributed by atoms with van der Waals surface area (Å²) in [6.45, 7) is 7.50. The van der Waals surface area contributed by atoms with E-state index in [9.17, 15) is 10.1 Å². The monoisotopic (exact) mass is 651 g/mol. The predicted octanol–water partition coefficient (Wildman–Crippen LogP) is 7.02. The molecule has 0 saturated carbocycles. The molecule has 228 valence electrons. The Morgan fingerprint density at radius 2 is 2.00 bits per heavy atom. The largest absolute Gasteiger partial charge is 0.474 e. The molecule has 9 nitrogen and oxygen atoms in total. The van der Waals surface area contributed by atoms with E-state index in [1.165, 1.54) is 6.08 Å². The molecular weight excluding hydrogens is 621 g/mol. The standard InChI is InChI=1S/C32H32Cl3N7O2/c1-4-26(43)41-14-11-20(15-19(41)10-12-36)42-31-23-16-25(34)27(22-8-5-9-24(33)18(22)2)28(35)29(23)37-32(30(31)38-39-42)44-17-21-7-6-13-40(21)3/h4-5,8-9,16,19-21H,1,6-7,10-11,13-15,17H2,2-3H3/t19-,20+,21+/m1/s1. The van der Waals surface area contributed by atoms with Gasteiger partial charge in [-0.1, -0.05) is 58.7 Å². The number of hydrogen-bond acceptors (Lipinski definition) is 7. The highest BCUT2D eigenvalue weighted by molar-refractivity contribution is 6.43. The number of nitriles is 1. The number of carbonyl (C=O) groups is 1. The Morgan fingerprint density at radius 3 is 2.73 bits per heavy atom. The number of benzene rings is 2. The lowest BCUT2D eigenvalue weighted by Gasteiger charge is -2.38. The van der Waals surface area contributed by atoms with Gasteiger partial charge in [0.2, 0.25) is 11.8 Å². The van der Waals surface area contributed by atoms with Crippen LogP contribution in [0.2, 0.25) is 15.1 Å². The summed E-state index contributed by atoms with van der Waals surface area (Å²) in [6, 6.07) is 9.55. The Balaban J connectivity index is 1.52. The number of likely N-dealkylation sites (tertiary alicyclic amines) is 2. The SMILES string of the molecule is C=CC(=O)N1CC[C@H](n2nnc3c(OC[C@@H]4CCCN4C)nc4c(Cl)c(-c5cccc(Cl)c5C)c(Cl)cc4c32)C[C@H]1CC#N. The van der Waals surface area contributed by atoms with Gasteiger partial charge in [-0.2, -0.15) is 5.26 Å². The number of likely N-dealkylation sites (N-methyl/N-ethyl adjacent to an activating group) is 1. The molecule has 0 unspecified atom stereocenters. The van der Waals surface area contributed by atoms with Gasteiger partial charge in [0.25, 0.3) is 0 Å². The zero-order chi connectivity index (χ0) is 31.1. The van der Waals surface area contributed by atoms with E-state index in [4.69, 9.17) is 44.5 Å². The third-order valence-corrected chi connectivity index (χ3v) is 10.1. The van der Waals surface area contributed by atoms with Crippen LogP contribution in [-0.4, -0.2) is 74.5 Å². The molecule has 2 fully saturated rings. The van der Waals surface area contributed by atoms with Crippen molar-refractivity contribution in [2.75, 3.05) is 26.7 Å². The fourth-order valence-corrected chi connectivity index (χ4v) is 7.42. The normalized spacial score (nSPS) is 20.7. The maximum absolute atomic E-state index is 12.5. The van der Waals surface area contributed by atoms with Crippen molar-refractivity contribution < 1.29 is 9.53 Å². The minimum Gasteiger partial charge on any atom is -0.474 e. The summed E-state index contributed by atoms with van der Waals surface area (Å²) < 4.78 is 8.26. The molecule has 12 heteroatoms. The van der Waals surface area contributed by atoms with Gasteiger partial charge in [0.15, 0.2) is 5.52 Å². The first-order chi connectivity index (χ1) is 21.2. The summed E-state index contributed by atoms with van der Waals surface area (Å²) in [7, 11) is 2.10. The van der Waals surface area contributed by atoms with Crippen LogP contribution in [0.5, 0.6) is 5.88 Å². The molecule has 2 aliphatic rings. The molecule has 0 aliphatic carbocycles. The fraction of sp³-hybridized carbons (Fsp3) is 0.406. The number of ether oxygens (including phenoxy) is 1. The van der Waals surface area contributed by atoms with Crippen LogP contribution in [0.25, 0.3) is 33.1 Å². The molecule has 0 spiro atoms. The number of amides is 1. The summed E-state index contributed by atoms with van der Waals surface area (Å²) in [6.07, 6.45) is 4.80. The van der Waals surface area contributed by atoms with Gasteiger partial charge in [-0.3, -0.25) is 4.79 Å². The van der Waals surface area contributed by atoms with Gasteiger partial charge in [0.1, 0.15) is 12.1 Å². The first kappa shape index (κ1) is 30.6. The molecule has 2 aliphatic heterocycles. The lowest BCUT2D eigenvalue weighted by molar-refractivity contribution is -0.130. The Hall–Kier alpha value is -3.42. The van der Waals surface area contributed by atoms with Crippen LogP contribution in [0.1, 0.15) is 43.7 Å². The van der Waals surface area contributed by atoms with Crippen LogP contribution in [0.15, 0.2) is 36.9 Å². The molecule has 2 aromatic carbocycles. The predicted molar refractivity (Wildman–Crippen MR) is 173 cm³/mol. The topological polar surface area (TPSA) is 100 Å². The van der Waals surface area contributed by atoms with E-state index in [1.807, 2.05) is 35.9 Å². The quantitative estimate of drug-likeness (QED) is 0.198. The summed E-state index contributed by atoms with van der Waals surface area (Å²) in [5.41, 5.74) is 4.04. The third kappa shape index (κ3) is 5.39. The van der Waals surface area contributed by atoms with E-state index < -0.39 is 0 Å². The highest BCUT2D eigenvalue weighted by Crippen LogP contribution is 2.45. The van der Waals surface area contributed by atoms with Crippen molar-refractivity contribution in [3.8, 4) is 23.1 Å². The van der Waals surface area contributed by atoms with Crippen molar-refractivity contribution >= 4 is 62.6 Å². The Morgan fingerprint density at radius 1 is 1.18 bits per heavy atom. The second-order valence-corrected chi connectivity index (χ2v) is 12.7. The zero-order valence-electron chi connectivity index (χ0n) is 24.6. The smallest absolute Gasteiger partial charge is 0.246 e. The van der Waals surface area contributed by atoms with Gasteiger partial charge < -0.3 is 14.5 Å². The van der Waals surface area contributed by atoms with Crippen molar-refractivity contribution in [3.63, 3.8) is 0 Å². The van der Waals surface area contributed by atoms with Crippen molar-refractivity contribution in [2.24, 2.45) is 0 Å². The third-order valence-electron chi connectivity index (χ3n) is 9.00. The number of halogens is 3. The molecule has 4 heterocycles. The first-order valence-corrected chi connectivity index (χ1v) is 15.8. The van der Waals surface area contributed by atoms with Crippen LogP contribution >= 0.6 is 34.8 Å². The van der Waals surface area contributed by atoms with Gasteiger partial charge in [-0.05, 0) is 75.5 Å². The van der Waals surface area contributed by atoms with Gasteiger partial charge in [0, 0.05) is 34.6 Å². The van der Waals surface area contributed by atoms with Crippen LogP contribution in [0.4, 0.5) is 0 Å². The van der Waals surface area contributed by atoms with Crippen LogP contribution < -0.4 is 4.74 Å². The first-order valence-electron chi connectivity index (χ1n) is 14.7. The minimum absolute atomic E-state index is 0.140. The van der Waals surface area contributed by atoms with Crippen molar-refractivity contribution in [3.05, 3.63) is 57.6 Å². The highest BCUT2D eigenvalue weighted by Gasteiger charge is 2.34. The van der Waals surface area contributed by atoms with Gasteiger partial charge >= 0.3 is 0 Å². The molecule has 44 heavy (non-hydrogen) atoms. The minimum atomic E-state index is -0.283. The van der Waals surface area contributed by atoms with Gasteiger partial charge in [-0.25, -0.2) is 9.67 Å². The fourth-order valence-electron chi connectivity index (χ4n) is 6.55. The second-order valence-electron chi connectivity index (χ2n) is 11.5. The average Bonchev–Trinajstić information content (AvgIpc) is 3.65. The zero-order valence-corrected chi connectivity index (χ0v) is 26.8. The number of nitrogens with zero attached hydrogens (tertiary/aromatic N) is 7. The van der Waals surface area contributed by atoms with E-state index in [1.54, 1.807) is 4.90 Å². The van der Waals surface area contributed by atoms with Gasteiger partial charge in [0.05, 0.1) is 34.1 Å². The molecular formula is C32H32Cl3N7O2. The Bertz CT molecular complexity index is 1820. The maximum Gasteiger partial charge on any atom is 0.246 e. The van der Waals surface area contributed by atoms with E-state index in [-0.39, 0.29) is 30.5 Å². The van der Waals surface area contributed by atoms with Crippen molar-refractivity contribution in [1.82, 2.24) is 29.8 Å². The molecule has 0 N–H and O–H groups in total.